The molecule has 1 heterocycles. The molecule has 30 heavy (non-hydrogen) atoms. The third-order valence-corrected chi connectivity index (χ3v) is 8.35. The predicted octanol–water partition coefficient (Wildman–Crippen LogP) is 6.66. The number of hydrogen-bond donors (Lipinski definition) is 1. The number of piperidine rings is 1. The van der Waals surface area contributed by atoms with Gasteiger partial charge in [-0.1, -0.05) is 52.8 Å². The van der Waals surface area contributed by atoms with E-state index in [9.17, 15) is 0 Å². The van der Waals surface area contributed by atoms with E-state index < -0.39 is 0 Å². The Morgan fingerprint density at radius 3 is 2.40 bits per heavy atom. The van der Waals surface area contributed by atoms with Crippen molar-refractivity contribution in [3.05, 3.63) is 59.2 Å². The minimum Gasteiger partial charge on any atom is -0.356 e. The summed E-state index contributed by atoms with van der Waals surface area (Å²) in [5, 5.41) is 3.67. The van der Waals surface area contributed by atoms with Crippen LogP contribution in [0, 0.1) is 11.8 Å². The molecule has 3 atom stereocenters. The van der Waals surface area contributed by atoms with Crippen LogP contribution < -0.4 is 5.32 Å². The van der Waals surface area contributed by atoms with Crippen LogP contribution in [0.4, 0.5) is 11.4 Å². The fourth-order valence-corrected chi connectivity index (χ4v) is 5.86. The van der Waals surface area contributed by atoms with Crippen LogP contribution in [0.1, 0.15) is 70.6 Å². The monoisotopic (exact) mass is 402 g/mol. The van der Waals surface area contributed by atoms with Crippen molar-refractivity contribution in [2.45, 2.75) is 77.2 Å². The molecule has 2 bridgehead atoms. The maximum Gasteiger partial charge on any atom is 0.0387 e. The second-order valence-electron chi connectivity index (χ2n) is 11.5. The highest BCUT2D eigenvalue weighted by molar-refractivity contribution is 5.63. The Morgan fingerprint density at radius 2 is 1.73 bits per heavy atom. The first-order valence-corrected chi connectivity index (χ1v) is 12.0. The molecule has 1 aliphatic heterocycles. The minimum absolute atomic E-state index is 0.194. The third-order valence-electron chi connectivity index (χ3n) is 8.35. The van der Waals surface area contributed by atoms with Crippen molar-refractivity contribution in [1.29, 1.82) is 0 Å². The summed E-state index contributed by atoms with van der Waals surface area (Å²) in [6.07, 6.45) is 5.42. The minimum atomic E-state index is 0.194. The molecule has 2 heteroatoms. The van der Waals surface area contributed by atoms with Crippen molar-refractivity contribution in [3.63, 3.8) is 0 Å². The van der Waals surface area contributed by atoms with E-state index in [4.69, 9.17) is 0 Å². The van der Waals surface area contributed by atoms with E-state index in [1.807, 2.05) is 0 Å². The molecule has 2 aromatic carbocycles. The van der Waals surface area contributed by atoms with Crippen LogP contribution in [0.25, 0.3) is 0 Å². The highest BCUT2D eigenvalue weighted by atomic mass is 15.2. The van der Waals surface area contributed by atoms with E-state index in [1.54, 1.807) is 11.1 Å². The third kappa shape index (κ3) is 3.58. The Kier molecular flexibility index (Phi) is 4.78. The average Bonchev–Trinajstić information content (AvgIpc) is 3.51. The van der Waals surface area contributed by atoms with Gasteiger partial charge in [0, 0.05) is 24.0 Å². The van der Waals surface area contributed by atoms with E-state index in [1.165, 1.54) is 55.7 Å². The van der Waals surface area contributed by atoms with Gasteiger partial charge < -0.3 is 5.32 Å². The molecule has 2 aliphatic carbocycles. The van der Waals surface area contributed by atoms with Crippen molar-refractivity contribution in [3.8, 4) is 0 Å². The van der Waals surface area contributed by atoms with E-state index in [0.717, 1.165) is 17.9 Å². The summed E-state index contributed by atoms with van der Waals surface area (Å²) in [6, 6.07) is 16.8. The summed E-state index contributed by atoms with van der Waals surface area (Å²) >= 11 is 0. The lowest BCUT2D eigenvalue weighted by Gasteiger charge is -2.55. The highest BCUT2D eigenvalue weighted by Gasteiger charge is 2.49. The number of hydrogen-bond acceptors (Lipinski definition) is 2. The Labute approximate surface area is 183 Å². The zero-order valence-electron chi connectivity index (χ0n) is 19.5. The normalized spacial score (nSPS) is 28.8. The summed E-state index contributed by atoms with van der Waals surface area (Å²) in [5.74, 6) is 1.71. The Balaban J connectivity index is 1.39. The lowest BCUT2D eigenvalue weighted by Crippen LogP contribution is -2.58. The maximum atomic E-state index is 3.67. The largest absolute Gasteiger partial charge is 0.356 e. The van der Waals surface area contributed by atoms with E-state index in [0.29, 0.717) is 5.41 Å². The van der Waals surface area contributed by atoms with Crippen LogP contribution in [0.2, 0.25) is 0 Å². The molecule has 2 fully saturated rings. The van der Waals surface area contributed by atoms with Crippen LogP contribution in [0.3, 0.4) is 0 Å². The van der Waals surface area contributed by atoms with Crippen LogP contribution in [0.15, 0.2) is 42.5 Å². The predicted molar refractivity (Wildman–Crippen MR) is 128 cm³/mol. The van der Waals surface area contributed by atoms with Gasteiger partial charge in [0.1, 0.15) is 0 Å². The number of fused-ring (bicyclic) bond motifs is 4. The standard InChI is InChI=1S/C28H38N2/c1-19-26-16-21-8-11-24(29-23-12-9-22(10-13-23)27(2,3)4)17-25(21)28(19,5)14-15-30(26)18-20-6-7-20/h8-13,17,19-20,26,29H,6-7,14-16,18H2,1-5H3/t19-,26+,28+/m0/s1. The van der Waals surface area contributed by atoms with Crippen molar-refractivity contribution < 1.29 is 0 Å². The first-order valence-electron chi connectivity index (χ1n) is 12.0. The molecule has 2 nitrogen and oxygen atoms in total. The molecule has 5 rings (SSSR count). The van der Waals surface area contributed by atoms with Gasteiger partial charge in [0.2, 0.25) is 0 Å². The fraction of sp³-hybridized carbons (Fsp3) is 0.571. The van der Waals surface area contributed by atoms with Gasteiger partial charge >= 0.3 is 0 Å². The smallest absolute Gasteiger partial charge is 0.0387 e. The molecule has 0 unspecified atom stereocenters. The van der Waals surface area contributed by atoms with Gasteiger partial charge in [-0.3, -0.25) is 4.90 Å². The molecule has 3 aliphatic rings. The molecule has 1 saturated carbocycles. The van der Waals surface area contributed by atoms with E-state index in [2.05, 4.69) is 87.3 Å². The summed E-state index contributed by atoms with van der Waals surface area (Å²) in [7, 11) is 0. The zero-order chi connectivity index (χ0) is 21.1. The van der Waals surface area contributed by atoms with Gasteiger partial charge in [-0.2, -0.15) is 0 Å². The second kappa shape index (κ2) is 7.12. The lowest BCUT2D eigenvalue weighted by atomic mass is 9.59. The number of rotatable bonds is 4. The lowest BCUT2D eigenvalue weighted by molar-refractivity contribution is 0.0284. The average molecular weight is 403 g/mol. The molecule has 1 saturated heterocycles. The summed E-state index contributed by atoms with van der Waals surface area (Å²) in [4.78, 5) is 2.83. The Hall–Kier alpha value is -1.80. The quantitative estimate of drug-likeness (QED) is 0.615. The molecule has 1 N–H and O–H groups in total. The van der Waals surface area contributed by atoms with Crippen LogP contribution in [0.5, 0.6) is 0 Å². The van der Waals surface area contributed by atoms with Crippen molar-refractivity contribution >= 4 is 11.4 Å². The highest BCUT2D eigenvalue weighted by Crippen LogP contribution is 2.50. The molecule has 0 spiro atoms. The molecule has 0 aromatic heterocycles. The first kappa shape index (κ1) is 20.1. The molecule has 0 radical (unpaired) electrons. The summed E-state index contributed by atoms with van der Waals surface area (Å²) < 4.78 is 0. The van der Waals surface area contributed by atoms with Gasteiger partial charge in [-0.25, -0.2) is 0 Å². The van der Waals surface area contributed by atoms with Gasteiger partial charge in [0.05, 0.1) is 0 Å². The molecular formula is C28H38N2. The molecule has 2 aromatic rings. The number of nitrogens with zero attached hydrogens (tertiary/aromatic N) is 1. The Bertz CT molecular complexity index is 919. The molecule has 160 valence electrons. The van der Waals surface area contributed by atoms with E-state index >= 15 is 0 Å². The molecular weight excluding hydrogens is 364 g/mol. The Morgan fingerprint density at radius 1 is 1.03 bits per heavy atom. The second-order valence-corrected chi connectivity index (χ2v) is 11.5. The topological polar surface area (TPSA) is 15.3 Å². The van der Waals surface area contributed by atoms with Gasteiger partial charge in [0.25, 0.3) is 0 Å². The maximum absolute atomic E-state index is 3.67. The molecule has 0 amide bonds. The van der Waals surface area contributed by atoms with Crippen molar-refractivity contribution in [1.82, 2.24) is 4.90 Å². The SMILES string of the molecule is C[C@H]1[C@H]2Cc3ccc(Nc4ccc(C(C)(C)C)cc4)cc3[C@]1(C)CCN2CC1CC1. The number of likely N-dealkylation sites (tertiary alicyclic amines) is 1. The number of nitrogens with one attached hydrogen (secondary N) is 1. The van der Waals surface area contributed by atoms with Crippen molar-refractivity contribution in [2.75, 3.05) is 18.4 Å². The summed E-state index contributed by atoms with van der Waals surface area (Å²) in [6.45, 7) is 14.5. The van der Waals surface area contributed by atoms with Gasteiger partial charge in [-0.05, 0) is 95.8 Å². The van der Waals surface area contributed by atoms with Crippen molar-refractivity contribution in [2.24, 2.45) is 11.8 Å². The van der Waals surface area contributed by atoms with Gasteiger partial charge in [0.15, 0.2) is 0 Å². The zero-order valence-corrected chi connectivity index (χ0v) is 19.5. The number of benzene rings is 2. The fourth-order valence-electron chi connectivity index (χ4n) is 5.86. The van der Waals surface area contributed by atoms with Gasteiger partial charge in [-0.15, -0.1) is 0 Å². The van der Waals surface area contributed by atoms with Crippen LogP contribution in [-0.2, 0) is 17.3 Å². The van der Waals surface area contributed by atoms with Crippen LogP contribution in [-0.4, -0.2) is 24.0 Å². The number of anilines is 2. The van der Waals surface area contributed by atoms with Crippen LogP contribution >= 0.6 is 0 Å². The van der Waals surface area contributed by atoms with E-state index in [-0.39, 0.29) is 5.41 Å². The first-order chi connectivity index (χ1) is 14.2. The summed E-state index contributed by atoms with van der Waals surface area (Å²) in [5.41, 5.74) is 7.44.